The smallest absolute Gasteiger partial charge is 0.155 e. The molecule has 2 atom stereocenters. The van der Waals surface area contributed by atoms with Gasteiger partial charge in [-0.2, -0.15) is 0 Å². The van der Waals surface area contributed by atoms with E-state index in [-0.39, 0.29) is 12.0 Å². The van der Waals surface area contributed by atoms with Gasteiger partial charge in [0.2, 0.25) is 0 Å². The van der Waals surface area contributed by atoms with Gasteiger partial charge in [0.25, 0.3) is 0 Å². The molecule has 2 unspecified atom stereocenters. The number of hydrogen-bond acceptors (Lipinski definition) is 4. The highest BCUT2D eigenvalue weighted by molar-refractivity contribution is 7.99. The molecule has 0 aliphatic rings. The van der Waals surface area contributed by atoms with E-state index in [0.717, 1.165) is 12.8 Å². The summed E-state index contributed by atoms with van der Waals surface area (Å²) in [6.45, 7) is 4.12. The molecule has 0 spiro atoms. The van der Waals surface area contributed by atoms with Crippen LogP contribution in [0.2, 0.25) is 0 Å². The summed E-state index contributed by atoms with van der Waals surface area (Å²) in [7, 11) is 0. The molecule has 0 saturated carbocycles. The first-order valence-corrected chi connectivity index (χ1v) is 5.85. The molecule has 0 fully saturated rings. The zero-order valence-corrected chi connectivity index (χ0v) is 9.22. The molecule has 0 aromatic heterocycles. The Hall–Kier alpha value is 0.230. The highest BCUT2D eigenvalue weighted by atomic mass is 32.2. The van der Waals surface area contributed by atoms with Gasteiger partial charge in [-0.3, -0.25) is 0 Å². The Kier molecular flexibility index (Phi) is 8.97. The van der Waals surface area contributed by atoms with Crippen molar-refractivity contribution in [1.82, 2.24) is 0 Å². The molecular weight excluding hydrogens is 188 g/mol. The van der Waals surface area contributed by atoms with Crippen LogP contribution in [0, 0.1) is 0 Å². The van der Waals surface area contributed by atoms with E-state index >= 15 is 0 Å². The van der Waals surface area contributed by atoms with Gasteiger partial charge < -0.3 is 14.9 Å². The first-order chi connectivity index (χ1) is 6.24. The predicted molar refractivity (Wildman–Crippen MR) is 55.6 cm³/mol. The van der Waals surface area contributed by atoms with E-state index in [9.17, 15) is 5.11 Å². The lowest BCUT2D eigenvalue weighted by atomic mass is 10.3. The monoisotopic (exact) mass is 208 g/mol. The minimum Gasteiger partial charge on any atom is -0.396 e. The van der Waals surface area contributed by atoms with Crippen LogP contribution >= 0.6 is 11.8 Å². The lowest BCUT2D eigenvalue weighted by Crippen LogP contribution is -2.19. The van der Waals surface area contributed by atoms with Crippen molar-refractivity contribution >= 4 is 11.8 Å². The molecule has 13 heavy (non-hydrogen) atoms. The summed E-state index contributed by atoms with van der Waals surface area (Å²) in [5.41, 5.74) is 0.0205. The van der Waals surface area contributed by atoms with Gasteiger partial charge in [-0.15, -0.1) is 11.8 Å². The van der Waals surface area contributed by atoms with E-state index in [2.05, 4.69) is 6.92 Å². The molecule has 0 radical (unpaired) electrons. The topological polar surface area (TPSA) is 49.7 Å². The fraction of sp³-hybridized carbons (Fsp3) is 1.00. The molecule has 3 nitrogen and oxygen atoms in total. The molecule has 2 N–H and O–H groups in total. The lowest BCUT2D eigenvalue weighted by Gasteiger charge is -2.19. The highest BCUT2D eigenvalue weighted by Crippen LogP contribution is 2.19. The van der Waals surface area contributed by atoms with Crippen LogP contribution in [-0.2, 0) is 4.74 Å². The third-order valence-electron chi connectivity index (χ3n) is 1.58. The van der Waals surface area contributed by atoms with E-state index in [0.29, 0.717) is 12.2 Å². The Morgan fingerprint density at radius 3 is 2.54 bits per heavy atom. The van der Waals surface area contributed by atoms with E-state index in [4.69, 9.17) is 9.84 Å². The van der Waals surface area contributed by atoms with E-state index in [1.54, 1.807) is 11.8 Å². The molecule has 0 heterocycles. The van der Waals surface area contributed by atoms with Crippen LogP contribution in [-0.4, -0.2) is 34.3 Å². The standard InChI is InChI=1S/C9H20O3S/c1-3-5-9(13-7-6-10)12-8(11)4-2/h8-11H,3-7H2,1-2H3. The van der Waals surface area contributed by atoms with Crippen molar-refractivity contribution in [2.24, 2.45) is 0 Å². The summed E-state index contributed by atoms with van der Waals surface area (Å²) in [4.78, 5) is 0. The normalized spacial score (nSPS) is 15.7. The second kappa shape index (κ2) is 8.81. The summed E-state index contributed by atoms with van der Waals surface area (Å²) in [6, 6.07) is 0. The van der Waals surface area contributed by atoms with Crippen LogP contribution in [0.15, 0.2) is 0 Å². The number of aliphatic hydroxyl groups is 2. The average molecular weight is 208 g/mol. The van der Waals surface area contributed by atoms with Crippen molar-refractivity contribution in [1.29, 1.82) is 0 Å². The summed E-state index contributed by atoms with van der Waals surface area (Å²) >= 11 is 1.56. The Morgan fingerprint density at radius 1 is 1.38 bits per heavy atom. The third-order valence-corrected chi connectivity index (χ3v) is 2.71. The van der Waals surface area contributed by atoms with Gasteiger partial charge >= 0.3 is 0 Å². The molecule has 0 aromatic carbocycles. The largest absolute Gasteiger partial charge is 0.396 e. The maximum Gasteiger partial charge on any atom is 0.155 e. The van der Waals surface area contributed by atoms with Gasteiger partial charge in [-0.1, -0.05) is 20.3 Å². The molecule has 80 valence electrons. The number of ether oxygens (including phenoxy) is 1. The summed E-state index contributed by atoms with van der Waals surface area (Å²) in [5, 5.41) is 17.9. The van der Waals surface area contributed by atoms with Gasteiger partial charge in [0.15, 0.2) is 6.29 Å². The van der Waals surface area contributed by atoms with Gasteiger partial charge in [0.05, 0.1) is 6.61 Å². The molecule has 0 rings (SSSR count). The molecule has 0 bridgehead atoms. The van der Waals surface area contributed by atoms with Gasteiger partial charge in [-0.05, 0) is 12.8 Å². The number of aliphatic hydroxyl groups excluding tert-OH is 2. The van der Waals surface area contributed by atoms with Crippen molar-refractivity contribution in [3.8, 4) is 0 Å². The van der Waals surface area contributed by atoms with Crippen molar-refractivity contribution in [3.63, 3.8) is 0 Å². The van der Waals surface area contributed by atoms with Crippen LogP contribution in [0.1, 0.15) is 33.1 Å². The average Bonchev–Trinajstić information content (AvgIpc) is 2.14. The molecule has 0 aromatic rings. The SMILES string of the molecule is CCCC(OC(O)CC)SCCO. The third kappa shape index (κ3) is 7.31. The van der Waals surface area contributed by atoms with Crippen LogP contribution in [0.4, 0.5) is 0 Å². The number of hydrogen-bond donors (Lipinski definition) is 2. The summed E-state index contributed by atoms with van der Waals surface area (Å²) < 4.78 is 5.35. The Morgan fingerprint density at radius 2 is 2.08 bits per heavy atom. The second-order valence-corrected chi connectivity index (χ2v) is 4.08. The molecule has 0 aliphatic carbocycles. The molecular formula is C9H20O3S. The zero-order chi connectivity index (χ0) is 10.1. The van der Waals surface area contributed by atoms with E-state index in [1.165, 1.54) is 0 Å². The molecule has 0 aliphatic heterocycles. The van der Waals surface area contributed by atoms with Crippen molar-refractivity contribution < 1.29 is 14.9 Å². The van der Waals surface area contributed by atoms with Crippen LogP contribution in [0.3, 0.4) is 0 Å². The van der Waals surface area contributed by atoms with E-state index < -0.39 is 6.29 Å². The van der Waals surface area contributed by atoms with Crippen LogP contribution in [0.25, 0.3) is 0 Å². The lowest BCUT2D eigenvalue weighted by molar-refractivity contribution is -0.112. The van der Waals surface area contributed by atoms with Gasteiger partial charge in [-0.25, -0.2) is 0 Å². The minimum absolute atomic E-state index is 0.0205. The number of rotatable bonds is 8. The Labute approximate surface area is 84.5 Å². The van der Waals surface area contributed by atoms with Crippen LogP contribution < -0.4 is 0 Å². The first kappa shape index (κ1) is 13.2. The maximum atomic E-state index is 9.26. The summed E-state index contributed by atoms with van der Waals surface area (Å²) in [5.74, 6) is 0.668. The minimum atomic E-state index is -0.664. The zero-order valence-electron chi connectivity index (χ0n) is 8.40. The van der Waals surface area contributed by atoms with Crippen LogP contribution in [0.5, 0.6) is 0 Å². The molecule has 0 saturated heterocycles. The highest BCUT2D eigenvalue weighted by Gasteiger charge is 2.12. The fourth-order valence-corrected chi connectivity index (χ4v) is 1.86. The van der Waals surface area contributed by atoms with Crippen molar-refractivity contribution in [3.05, 3.63) is 0 Å². The quantitative estimate of drug-likeness (QED) is 0.595. The first-order valence-electron chi connectivity index (χ1n) is 4.80. The maximum absolute atomic E-state index is 9.26. The van der Waals surface area contributed by atoms with Gasteiger partial charge in [0.1, 0.15) is 5.44 Å². The molecule has 4 heteroatoms. The Balaban J connectivity index is 3.65. The number of thioether (sulfide) groups is 1. The second-order valence-electron chi connectivity index (χ2n) is 2.81. The Bertz CT molecular complexity index is 111. The van der Waals surface area contributed by atoms with E-state index in [1.807, 2.05) is 6.92 Å². The van der Waals surface area contributed by atoms with Crippen molar-refractivity contribution in [2.45, 2.75) is 44.8 Å². The van der Waals surface area contributed by atoms with Crippen molar-refractivity contribution in [2.75, 3.05) is 12.4 Å². The predicted octanol–water partition coefficient (Wildman–Crippen LogP) is 1.58. The van der Waals surface area contributed by atoms with Gasteiger partial charge in [0, 0.05) is 5.75 Å². The summed E-state index contributed by atoms with van der Waals surface area (Å²) in [6.07, 6.45) is 1.89. The molecule has 0 amide bonds. The fourth-order valence-electron chi connectivity index (χ4n) is 0.882.